The molecule has 4 aromatic rings. The molecule has 0 spiro atoms. The smallest absolute Gasteiger partial charge is 0.323 e. The number of carboxylic acid groups (broad SMARTS) is 1. The fraction of sp³-hybridized carbons (Fsp3) is 0.161. The number of aliphatic hydroxyl groups is 1. The molecule has 39 heavy (non-hydrogen) atoms. The number of carbonyl (C=O) groups is 1. The summed E-state index contributed by atoms with van der Waals surface area (Å²) in [6.45, 7) is 0.464. The number of halogens is 1. The average molecular weight is 586 g/mol. The number of hydrogen-bond donors (Lipinski definition) is 4. The van der Waals surface area contributed by atoms with Crippen LogP contribution in [0.25, 0.3) is 11.1 Å². The summed E-state index contributed by atoms with van der Waals surface area (Å²) in [7, 11) is 0. The van der Waals surface area contributed by atoms with E-state index in [1.165, 1.54) is 0 Å². The normalized spacial score (nSPS) is 11.4. The second-order valence-electron chi connectivity index (χ2n) is 8.88. The first-order chi connectivity index (χ1) is 19.0. The van der Waals surface area contributed by atoms with Crippen molar-refractivity contribution in [2.24, 2.45) is 0 Å². The van der Waals surface area contributed by atoms with Crippen LogP contribution in [0.2, 0.25) is 0 Å². The topological polar surface area (TPSA) is 115 Å². The first kappa shape index (κ1) is 27.9. The lowest BCUT2D eigenvalue weighted by Gasteiger charge is -2.17. The Morgan fingerprint density at radius 2 is 1.74 bits per heavy atom. The number of rotatable bonds is 12. The molecule has 0 aliphatic heterocycles. The molecular formula is C31H28BrN3O4. The standard InChI is InChI=1S/C31H28BrN3O4/c32-30-25(10-5-11-27(30)23-8-2-1-3-9-23)18-34-26-13-12-24(17-35-28(19-36)31(37)38)29(15-26)39-20-22-7-4-6-21(14-22)16-33/h1-15,28,34-36H,17-20H2,(H,37,38). The minimum absolute atomic E-state index is 0.191. The number of carboxylic acids is 1. The minimum Gasteiger partial charge on any atom is -0.488 e. The number of ether oxygens (including phenoxy) is 1. The Labute approximate surface area is 235 Å². The van der Waals surface area contributed by atoms with Crippen LogP contribution < -0.4 is 15.4 Å². The predicted molar refractivity (Wildman–Crippen MR) is 154 cm³/mol. The molecule has 8 heteroatoms. The summed E-state index contributed by atoms with van der Waals surface area (Å²) < 4.78 is 7.15. The Hall–Kier alpha value is -4.16. The van der Waals surface area contributed by atoms with E-state index in [1.54, 1.807) is 18.2 Å². The molecular weight excluding hydrogens is 558 g/mol. The third-order valence-corrected chi connectivity index (χ3v) is 7.12. The Balaban J connectivity index is 1.53. The van der Waals surface area contributed by atoms with Crippen molar-refractivity contribution < 1.29 is 19.7 Å². The van der Waals surface area contributed by atoms with E-state index in [0.29, 0.717) is 17.9 Å². The largest absolute Gasteiger partial charge is 0.488 e. The summed E-state index contributed by atoms with van der Waals surface area (Å²) in [6, 6.07) is 30.2. The molecule has 0 heterocycles. The zero-order chi connectivity index (χ0) is 27.6. The van der Waals surface area contributed by atoms with Crippen LogP contribution in [0.3, 0.4) is 0 Å². The van der Waals surface area contributed by atoms with Crippen LogP contribution in [0.4, 0.5) is 5.69 Å². The molecule has 1 unspecified atom stereocenters. The summed E-state index contributed by atoms with van der Waals surface area (Å²) in [5.41, 5.74) is 6.27. The predicted octanol–water partition coefficient (Wildman–Crippen LogP) is 5.71. The van der Waals surface area contributed by atoms with Gasteiger partial charge in [0.2, 0.25) is 0 Å². The number of anilines is 1. The van der Waals surface area contributed by atoms with Crippen LogP contribution in [0.15, 0.2) is 95.5 Å². The van der Waals surface area contributed by atoms with Gasteiger partial charge in [0.15, 0.2) is 0 Å². The second-order valence-corrected chi connectivity index (χ2v) is 9.67. The van der Waals surface area contributed by atoms with Crippen molar-refractivity contribution in [2.75, 3.05) is 11.9 Å². The molecule has 0 radical (unpaired) electrons. The molecule has 1 atom stereocenters. The van der Waals surface area contributed by atoms with E-state index in [2.05, 4.69) is 56.9 Å². The molecule has 4 rings (SSSR count). The highest BCUT2D eigenvalue weighted by atomic mass is 79.9. The Morgan fingerprint density at radius 1 is 0.949 bits per heavy atom. The molecule has 4 aromatic carbocycles. The minimum atomic E-state index is -1.13. The van der Waals surface area contributed by atoms with Gasteiger partial charge in [-0.05, 0) is 56.4 Å². The lowest BCUT2D eigenvalue weighted by atomic mass is 10.0. The summed E-state index contributed by atoms with van der Waals surface area (Å²) in [6.07, 6.45) is 0. The maximum atomic E-state index is 11.3. The van der Waals surface area contributed by atoms with Gasteiger partial charge >= 0.3 is 5.97 Å². The van der Waals surface area contributed by atoms with E-state index in [0.717, 1.165) is 38.0 Å². The first-order valence-electron chi connectivity index (χ1n) is 12.4. The zero-order valence-electron chi connectivity index (χ0n) is 21.1. The Morgan fingerprint density at radius 3 is 2.49 bits per heavy atom. The number of nitrogens with one attached hydrogen (secondary N) is 2. The SMILES string of the molecule is N#Cc1cccc(COc2cc(NCc3cccc(-c4ccccc4)c3Br)ccc2CNC(CO)C(=O)O)c1. The molecule has 0 amide bonds. The van der Waals surface area contributed by atoms with Crippen LogP contribution in [-0.4, -0.2) is 28.8 Å². The van der Waals surface area contributed by atoms with Gasteiger partial charge in [-0.15, -0.1) is 0 Å². The number of aliphatic carboxylic acids is 1. The van der Waals surface area contributed by atoms with Crippen LogP contribution >= 0.6 is 15.9 Å². The highest BCUT2D eigenvalue weighted by Gasteiger charge is 2.17. The van der Waals surface area contributed by atoms with E-state index >= 15 is 0 Å². The third-order valence-electron chi connectivity index (χ3n) is 6.18. The average Bonchev–Trinajstić information content (AvgIpc) is 2.97. The Kier molecular flexibility index (Phi) is 9.70. The van der Waals surface area contributed by atoms with E-state index in [-0.39, 0.29) is 13.2 Å². The maximum Gasteiger partial charge on any atom is 0.323 e. The fourth-order valence-corrected chi connectivity index (χ4v) is 4.69. The molecule has 0 saturated heterocycles. The quantitative estimate of drug-likeness (QED) is 0.168. The fourth-order valence-electron chi connectivity index (χ4n) is 4.05. The summed E-state index contributed by atoms with van der Waals surface area (Å²) in [4.78, 5) is 11.3. The lowest BCUT2D eigenvalue weighted by Crippen LogP contribution is -2.39. The summed E-state index contributed by atoms with van der Waals surface area (Å²) in [5.74, 6) is -0.566. The molecule has 0 aromatic heterocycles. The van der Waals surface area contributed by atoms with Gasteiger partial charge in [0.05, 0.1) is 18.2 Å². The molecule has 0 aliphatic rings. The van der Waals surface area contributed by atoms with Gasteiger partial charge in [-0.2, -0.15) is 5.26 Å². The van der Waals surface area contributed by atoms with E-state index < -0.39 is 18.6 Å². The Bertz CT molecular complexity index is 1470. The number of nitriles is 1. The van der Waals surface area contributed by atoms with Crippen molar-refractivity contribution in [2.45, 2.75) is 25.7 Å². The molecule has 4 N–H and O–H groups in total. The van der Waals surface area contributed by atoms with Crippen LogP contribution in [0, 0.1) is 11.3 Å². The molecule has 0 bridgehead atoms. The second kappa shape index (κ2) is 13.6. The first-order valence-corrected chi connectivity index (χ1v) is 13.2. The van der Waals surface area contributed by atoms with Gasteiger partial charge < -0.3 is 20.3 Å². The number of nitrogens with zero attached hydrogens (tertiary/aromatic N) is 1. The molecule has 198 valence electrons. The highest BCUT2D eigenvalue weighted by Crippen LogP contribution is 2.32. The molecule has 0 fully saturated rings. The van der Waals surface area contributed by atoms with E-state index in [4.69, 9.17) is 4.74 Å². The molecule has 7 nitrogen and oxygen atoms in total. The summed E-state index contributed by atoms with van der Waals surface area (Å²) >= 11 is 3.77. The number of aliphatic hydroxyl groups excluding tert-OH is 1. The number of hydrogen-bond acceptors (Lipinski definition) is 6. The van der Waals surface area contributed by atoms with Gasteiger partial charge in [0.25, 0.3) is 0 Å². The van der Waals surface area contributed by atoms with Crippen LogP contribution in [-0.2, 0) is 24.5 Å². The van der Waals surface area contributed by atoms with Crippen LogP contribution in [0.5, 0.6) is 5.75 Å². The van der Waals surface area contributed by atoms with E-state index in [9.17, 15) is 20.3 Å². The van der Waals surface area contributed by atoms with Crippen molar-refractivity contribution >= 4 is 27.6 Å². The number of benzene rings is 4. The monoisotopic (exact) mass is 585 g/mol. The van der Waals surface area contributed by atoms with Crippen molar-refractivity contribution in [3.05, 3.63) is 118 Å². The van der Waals surface area contributed by atoms with Crippen LogP contribution in [0.1, 0.15) is 22.3 Å². The van der Waals surface area contributed by atoms with Gasteiger partial charge in [0.1, 0.15) is 18.4 Å². The van der Waals surface area contributed by atoms with E-state index in [1.807, 2.05) is 48.5 Å². The van der Waals surface area contributed by atoms with Gasteiger partial charge in [0, 0.05) is 34.9 Å². The van der Waals surface area contributed by atoms with Gasteiger partial charge in [-0.25, -0.2) is 0 Å². The van der Waals surface area contributed by atoms with Crippen molar-refractivity contribution in [3.63, 3.8) is 0 Å². The lowest BCUT2D eigenvalue weighted by molar-refractivity contribution is -0.140. The van der Waals surface area contributed by atoms with Crippen molar-refractivity contribution in [1.82, 2.24) is 5.32 Å². The highest BCUT2D eigenvalue weighted by molar-refractivity contribution is 9.10. The maximum absolute atomic E-state index is 11.3. The molecule has 0 aliphatic carbocycles. The van der Waals surface area contributed by atoms with Crippen molar-refractivity contribution in [1.29, 1.82) is 5.26 Å². The third kappa shape index (κ3) is 7.45. The zero-order valence-corrected chi connectivity index (χ0v) is 22.7. The van der Waals surface area contributed by atoms with Crippen molar-refractivity contribution in [3.8, 4) is 22.9 Å². The molecule has 0 saturated carbocycles. The van der Waals surface area contributed by atoms with Gasteiger partial charge in [-0.3, -0.25) is 10.1 Å². The van der Waals surface area contributed by atoms with Gasteiger partial charge in [-0.1, -0.05) is 66.7 Å². The summed E-state index contributed by atoms with van der Waals surface area (Å²) in [5, 5.41) is 34.1.